The van der Waals surface area contributed by atoms with Gasteiger partial charge in [-0.15, -0.1) is 0 Å². The van der Waals surface area contributed by atoms with Gasteiger partial charge in [0.1, 0.15) is 73.2 Å². The highest BCUT2D eigenvalue weighted by atomic mass is 16.8. The number of amides is 1. The topological polar surface area (TPSA) is 307 Å². The monoisotopic (exact) mass is 1440 g/mol. The average molecular weight is 1440 g/mol. The second-order valence-electron chi connectivity index (χ2n) is 29.6. The molecule has 0 spiro atoms. The highest BCUT2D eigenvalue weighted by Gasteiger charge is 2.54. The van der Waals surface area contributed by atoms with E-state index < -0.39 is 124 Å². The SMILES string of the molecule is CCCCCCC/C=C\C/C=C\CCCCCCCCCCCCCCCCCCCCCCCCCC(=O)NC(COC1OC(CO)C(OC2OC(CO)C(OC3OC(CO)C(O)C(O)C3O)C(O)C2O)C(O)C1O)C(O)/C=C/CC/C=C/CCCCCCCCCCCCCCCCC. The minimum Gasteiger partial charge on any atom is -0.394 e. The Hall–Kier alpha value is -2.25. The van der Waals surface area contributed by atoms with E-state index in [-0.39, 0.29) is 18.9 Å². The van der Waals surface area contributed by atoms with Gasteiger partial charge in [0.2, 0.25) is 5.91 Å². The Labute approximate surface area is 612 Å². The van der Waals surface area contributed by atoms with Gasteiger partial charge < -0.3 is 89.9 Å². The Bertz CT molecular complexity index is 2010. The highest BCUT2D eigenvalue weighted by Crippen LogP contribution is 2.33. The molecular formula is C82H151NO18. The van der Waals surface area contributed by atoms with Gasteiger partial charge in [-0.25, -0.2) is 0 Å². The van der Waals surface area contributed by atoms with Gasteiger partial charge in [-0.2, -0.15) is 0 Å². The summed E-state index contributed by atoms with van der Waals surface area (Å²) in [7, 11) is 0. The van der Waals surface area contributed by atoms with Crippen LogP contribution in [0.25, 0.3) is 0 Å². The van der Waals surface area contributed by atoms with E-state index in [9.17, 15) is 61.0 Å². The van der Waals surface area contributed by atoms with E-state index in [4.69, 9.17) is 28.4 Å². The zero-order valence-corrected chi connectivity index (χ0v) is 63.4. The van der Waals surface area contributed by atoms with Crippen LogP contribution in [0.15, 0.2) is 48.6 Å². The Balaban J connectivity index is 1.34. The molecule has 0 radical (unpaired) electrons. The fourth-order valence-electron chi connectivity index (χ4n) is 13.9. The van der Waals surface area contributed by atoms with Crippen molar-refractivity contribution in [1.29, 1.82) is 0 Å². The third kappa shape index (κ3) is 42.8. The number of ether oxygens (including phenoxy) is 6. The lowest BCUT2D eigenvalue weighted by atomic mass is 9.96. The summed E-state index contributed by atoms with van der Waals surface area (Å²) in [5, 5.41) is 121. The number of unbranched alkanes of at least 4 members (excludes halogenated alkanes) is 44. The summed E-state index contributed by atoms with van der Waals surface area (Å²) in [6.45, 7) is 1.75. The Kier molecular flexibility index (Phi) is 57.8. The number of allylic oxidation sites excluding steroid dienone is 7. The largest absolute Gasteiger partial charge is 0.394 e. The molecule has 17 unspecified atom stereocenters. The fraction of sp³-hybridized carbons (Fsp3) is 0.890. The first kappa shape index (κ1) is 93.0. The molecule has 3 aliphatic heterocycles. The van der Waals surface area contributed by atoms with Gasteiger partial charge in [-0.1, -0.05) is 313 Å². The minimum atomic E-state index is -1.98. The van der Waals surface area contributed by atoms with Crippen molar-refractivity contribution in [3.05, 3.63) is 48.6 Å². The van der Waals surface area contributed by atoms with Gasteiger partial charge in [0.15, 0.2) is 18.9 Å². The maximum atomic E-state index is 13.5. The highest BCUT2D eigenvalue weighted by molar-refractivity contribution is 5.76. The quantitative estimate of drug-likeness (QED) is 0.0199. The second kappa shape index (κ2) is 62.8. The molecule has 17 atom stereocenters. The van der Waals surface area contributed by atoms with Gasteiger partial charge in [-0.3, -0.25) is 4.79 Å². The molecule has 101 heavy (non-hydrogen) atoms. The summed E-state index contributed by atoms with van der Waals surface area (Å²) in [5.74, 6) is -0.279. The van der Waals surface area contributed by atoms with Gasteiger partial charge in [-0.05, 0) is 64.2 Å². The Morgan fingerprint density at radius 1 is 0.356 bits per heavy atom. The first-order valence-electron chi connectivity index (χ1n) is 41.4. The first-order valence-corrected chi connectivity index (χ1v) is 41.4. The molecule has 0 saturated carbocycles. The maximum absolute atomic E-state index is 13.5. The van der Waals surface area contributed by atoms with Gasteiger partial charge >= 0.3 is 0 Å². The molecule has 0 aromatic rings. The number of carbonyl (C=O) groups is 1. The molecule has 3 rings (SSSR count). The second-order valence-corrected chi connectivity index (χ2v) is 29.6. The van der Waals surface area contributed by atoms with Crippen molar-refractivity contribution in [2.24, 2.45) is 0 Å². The van der Waals surface area contributed by atoms with Crippen LogP contribution in [-0.4, -0.2) is 193 Å². The number of hydrogen-bond acceptors (Lipinski definition) is 18. The molecule has 3 heterocycles. The van der Waals surface area contributed by atoms with Crippen LogP contribution in [0.5, 0.6) is 0 Å². The van der Waals surface area contributed by atoms with E-state index in [1.165, 1.54) is 257 Å². The molecule has 1 amide bonds. The van der Waals surface area contributed by atoms with E-state index in [0.29, 0.717) is 12.8 Å². The van der Waals surface area contributed by atoms with Crippen molar-refractivity contribution in [3.63, 3.8) is 0 Å². The number of hydrogen-bond donors (Lipinski definition) is 12. The van der Waals surface area contributed by atoms with Crippen molar-refractivity contribution in [3.8, 4) is 0 Å². The van der Waals surface area contributed by atoms with Crippen molar-refractivity contribution in [2.45, 2.75) is 439 Å². The molecular weight excluding hydrogens is 1290 g/mol. The van der Waals surface area contributed by atoms with Crippen LogP contribution in [-0.2, 0) is 33.2 Å². The first-order chi connectivity index (χ1) is 49.3. The molecule has 3 aliphatic rings. The Morgan fingerprint density at radius 2 is 0.663 bits per heavy atom. The van der Waals surface area contributed by atoms with Gasteiger partial charge in [0.25, 0.3) is 0 Å². The molecule has 592 valence electrons. The zero-order chi connectivity index (χ0) is 73.2. The van der Waals surface area contributed by atoms with Crippen molar-refractivity contribution in [2.75, 3.05) is 26.4 Å². The van der Waals surface area contributed by atoms with Crippen LogP contribution in [0.2, 0.25) is 0 Å². The number of rotatable bonds is 66. The molecule has 12 N–H and O–H groups in total. The number of carbonyl (C=O) groups excluding carboxylic acids is 1. The lowest BCUT2D eigenvalue weighted by Crippen LogP contribution is -2.66. The van der Waals surface area contributed by atoms with E-state index in [2.05, 4.69) is 55.6 Å². The van der Waals surface area contributed by atoms with Crippen molar-refractivity contribution in [1.82, 2.24) is 5.32 Å². The third-order valence-corrected chi connectivity index (χ3v) is 20.6. The number of aliphatic hydroxyl groups excluding tert-OH is 11. The maximum Gasteiger partial charge on any atom is 0.220 e. The normalized spacial score (nSPS) is 26.5. The standard InChI is InChI=1S/C82H151NO18/c1-3-5-7-9-11-13-15-17-19-21-23-25-26-27-28-29-30-31-32-33-34-35-36-37-38-40-42-44-46-48-50-52-54-56-58-60-70(88)83-65(66(87)59-57-55-53-51-49-47-45-43-41-39-24-22-20-18-16-14-12-10-8-6-4-2)64-96-80-76(94)73(91)78(68(62-85)98-80)101-82-77(95)74(92)79(69(63-86)99-82)100-81-75(93)72(90)71(89)67(61-84)97-81/h15,17,21,23,49,51,57,59,65-69,71-82,84-87,89-95H,3-14,16,18-20,22,24-48,50,52-56,58,60-64H2,1-2H3,(H,83,88)/b17-15-,23-21-,51-49+,59-57+. The molecule has 0 aromatic heterocycles. The lowest BCUT2D eigenvalue weighted by molar-refractivity contribution is -0.379. The fourth-order valence-corrected chi connectivity index (χ4v) is 13.9. The smallest absolute Gasteiger partial charge is 0.220 e. The zero-order valence-electron chi connectivity index (χ0n) is 63.4. The summed E-state index contributed by atoms with van der Waals surface area (Å²) in [6, 6.07) is -0.990. The van der Waals surface area contributed by atoms with E-state index >= 15 is 0 Å². The average Bonchev–Trinajstić information content (AvgIpc) is 0.782. The molecule has 19 heteroatoms. The third-order valence-electron chi connectivity index (χ3n) is 20.6. The van der Waals surface area contributed by atoms with Crippen LogP contribution < -0.4 is 5.32 Å². The van der Waals surface area contributed by atoms with Crippen LogP contribution >= 0.6 is 0 Å². The molecule has 0 aromatic carbocycles. The van der Waals surface area contributed by atoms with Crippen LogP contribution in [0.3, 0.4) is 0 Å². The summed E-state index contributed by atoms with van der Waals surface area (Å²) in [6.07, 6.45) is 52.6. The molecule has 3 fully saturated rings. The van der Waals surface area contributed by atoms with Crippen molar-refractivity contribution < 1.29 is 89.4 Å². The predicted octanol–water partition coefficient (Wildman–Crippen LogP) is 14.1. The van der Waals surface area contributed by atoms with E-state index in [1.807, 2.05) is 6.08 Å². The molecule has 0 aliphatic carbocycles. The molecule has 3 saturated heterocycles. The van der Waals surface area contributed by atoms with Gasteiger partial charge in [0.05, 0.1) is 38.6 Å². The van der Waals surface area contributed by atoms with Gasteiger partial charge in [0, 0.05) is 6.42 Å². The van der Waals surface area contributed by atoms with Crippen molar-refractivity contribution >= 4 is 5.91 Å². The number of aliphatic hydroxyl groups is 11. The predicted molar refractivity (Wildman–Crippen MR) is 402 cm³/mol. The minimum absolute atomic E-state index is 0.239. The Morgan fingerprint density at radius 3 is 1.05 bits per heavy atom. The lowest BCUT2D eigenvalue weighted by Gasteiger charge is -2.48. The summed E-state index contributed by atoms with van der Waals surface area (Å²) < 4.78 is 34.4. The number of nitrogens with one attached hydrogen (secondary N) is 1. The summed E-state index contributed by atoms with van der Waals surface area (Å²) in [4.78, 5) is 13.5. The van der Waals surface area contributed by atoms with Crippen LogP contribution in [0.1, 0.15) is 335 Å². The molecule has 0 bridgehead atoms. The van der Waals surface area contributed by atoms with Crippen LogP contribution in [0.4, 0.5) is 0 Å². The van der Waals surface area contributed by atoms with E-state index in [1.54, 1.807) is 6.08 Å². The van der Waals surface area contributed by atoms with E-state index in [0.717, 1.165) is 44.9 Å². The van der Waals surface area contributed by atoms with Crippen LogP contribution in [0, 0.1) is 0 Å². The summed E-state index contributed by atoms with van der Waals surface area (Å²) in [5.41, 5.74) is 0. The molecule has 19 nitrogen and oxygen atoms in total. The summed E-state index contributed by atoms with van der Waals surface area (Å²) >= 11 is 0.